The van der Waals surface area contributed by atoms with Gasteiger partial charge in [-0.2, -0.15) is 5.26 Å². The summed E-state index contributed by atoms with van der Waals surface area (Å²) in [7, 11) is 0. The van der Waals surface area contributed by atoms with Gasteiger partial charge in [-0.15, -0.1) is 0 Å². The number of nitrogens with zero attached hydrogens (tertiary/aromatic N) is 1. The standard InChI is InChI=1S/C18H34N2O/c1-5-9-20-18(4,14-19)8-6-7-10-21-17-12-15(2)11-16(3)13-17/h15-17,20H,5-13H2,1-4H3. The molecule has 1 rings (SSSR count). The Morgan fingerprint density at radius 2 is 1.86 bits per heavy atom. The van der Waals surface area contributed by atoms with Crippen molar-refractivity contribution in [2.24, 2.45) is 11.8 Å². The van der Waals surface area contributed by atoms with Gasteiger partial charge in [0.05, 0.1) is 12.2 Å². The summed E-state index contributed by atoms with van der Waals surface area (Å²) in [5.74, 6) is 1.61. The molecule has 0 aromatic rings. The molecular weight excluding hydrogens is 260 g/mol. The van der Waals surface area contributed by atoms with E-state index in [1.54, 1.807) is 0 Å². The third-order valence-electron chi connectivity index (χ3n) is 4.57. The lowest BCUT2D eigenvalue weighted by Gasteiger charge is -2.31. The van der Waals surface area contributed by atoms with Crippen LogP contribution in [0.3, 0.4) is 0 Å². The molecule has 0 bridgehead atoms. The van der Waals surface area contributed by atoms with Gasteiger partial charge in [0.25, 0.3) is 0 Å². The maximum atomic E-state index is 9.29. The van der Waals surface area contributed by atoms with Crippen molar-refractivity contribution < 1.29 is 4.74 Å². The average molecular weight is 294 g/mol. The molecule has 1 N–H and O–H groups in total. The van der Waals surface area contributed by atoms with E-state index in [9.17, 15) is 5.26 Å². The van der Waals surface area contributed by atoms with Crippen molar-refractivity contribution in [2.45, 2.75) is 84.3 Å². The summed E-state index contributed by atoms with van der Waals surface area (Å²) in [5.41, 5.74) is -0.371. The Labute approximate surface area is 131 Å². The van der Waals surface area contributed by atoms with Crippen LogP contribution >= 0.6 is 0 Å². The van der Waals surface area contributed by atoms with Crippen LogP contribution < -0.4 is 5.32 Å². The highest BCUT2D eigenvalue weighted by molar-refractivity contribution is 5.03. The largest absolute Gasteiger partial charge is 0.378 e. The minimum Gasteiger partial charge on any atom is -0.378 e. The molecule has 1 fully saturated rings. The van der Waals surface area contributed by atoms with Crippen LogP contribution in [0.1, 0.15) is 72.6 Å². The van der Waals surface area contributed by atoms with Crippen molar-refractivity contribution in [3.63, 3.8) is 0 Å². The Bertz CT molecular complexity index is 316. The summed E-state index contributed by atoms with van der Waals surface area (Å²) in [6.45, 7) is 10.6. The number of unbranched alkanes of at least 4 members (excludes halogenated alkanes) is 1. The Morgan fingerprint density at radius 1 is 1.19 bits per heavy atom. The fourth-order valence-electron chi connectivity index (χ4n) is 3.42. The molecule has 1 saturated carbocycles. The Kier molecular flexibility index (Phi) is 8.29. The molecule has 3 heteroatoms. The summed E-state index contributed by atoms with van der Waals surface area (Å²) in [6.07, 6.45) is 8.34. The minimum atomic E-state index is -0.371. The first-order valence-corrected chi connectivity index (χ1v) is 8.77. The van der Waals surface area contributed by atoms with Crippen molar-refractivity contribution in [2.75, 3.05) is 13.2 Å². The van der Waals surface area contributed by atoms with Crippen molar-refractivity contribution in [1.29, 1.82) is 5.26 Å². The van der Waals surface area contributed by atoms with Gasteiger partial charge in [0, 0.05) is 6.61 Å². The molecule has 0 aliphatic heterocycles. The van der Waals surface area contributed by atoms with Crippen molar-refractivity contribution >= 4 is 0 Å². The highest BCUT2D eigenvalue weighted by Gasteiger charge is 2.24. The molecule has 0 radical (unpaired) electrons. The third-order valence-corrected chi connectivity index (χ3v) is 4.57. The predicted molar refractivity (Wildman–Crippen MR) is 88.1 cm³/mol. The Morgan fingerprint density at radius 3 is 2.43 bits per heavy atom. The molecule has 0 spiro atoms. The van der Waals surface area contributed by atoms with Gasteiger partial charge in [-0.25, -0.2) is 0 Å². The number of nitrogens with one attached hydrogen (secondary N) is 1. The fourth-order valence-corrected chi connectivity index (χ4v) is 3.42. The summed E-state index contributed by atoms with van der Waals surface area (Å²) in [4.78, 5) is 0. The van der Waals surface area contributed by atoms with Crippen molar-refractivity contribution in [1.82, 2.24) is 5.32 Å². The van der Waals surface area contributed by atoms with Crippen LogP contribution in [0.5, 0.6) is 0 Å². The quantitative estimate of drug-likeness (QED) is 0.646. The summed E-state index contributed by atoms with van der Waals surface area (Å²) >= 11 is 0. The number of hydrogen-bond donors (Lipinski definition) is 1. The van der Waals surface area contributed by atoms with Gasteiger partial charge in [-0.1, -0.05) is 20.8 Å². The van der Waals surface area contributed by atoms with Crippen LogP contribution in [0.25, 0.3) is 0 Å². The van der Waals surface area contributed by atoms with E-state index < -0.39 is 0 Å². The molecule has 0 aromatic carbocycles. The maximum absolute atomic E-state index is 9.29. The second-order valence-electron chi connectivity index (χ2n) is 7.24. The lowest BCUT2D eigenvalue weighted by atomic mass is 9.82. The summed E-state index contributed by atoms with van der Waals surface area (Å²) in [6, 6.07) is 2.41. The van der Waals surface area contributed by atoms with E-state index in [-0.39, 0.29) is 5.54 Å². The molecule has 0 aromatic heterocycles. The lowest BCUT2D eigenvalue weighted by molar-refractivity contribution is -0.000877. The van der Waals surface area contributed by atoms with Gasteiger partial charge in [0.2, 0.25) is 0 Å². The SMILES string of the molecule is CCCNC(C)(C#N)CCCCOC1CC(C)CC(C)C1. The van der Waals surface area contributed by atoms with E-state index in [1.807, 2.05) is 6.92 Å². The molecular formula is C18H34N2O. The number of rotatable bonds is 9. The van der Waals surface area contributed by atoms with E-state index in [0.717, 1.165) is 50.7 Å². The van der Waals surface area contributed by atoms with Crippen molar-refractivity contribution in [3.05, 3.63) is 0 Å². The normalized spacial score (nSPS) is 28.8. The van der Waals surface area contributed by atoms with E-state index in [1.165, 1.54) is 19.3 Å². The molecule has 1 aliphatic rings. The Balaban J connectivity index is 2.15. The fraction of sp³-hybridized carbons (Fsp3) is 0.944. The van der Waals surface area contributed by atoms with E-state index in [0.29, 0.717) is 6.10 Å². The van der Waals surface area contributed by atoms with Crippen LogP contribution in [0.2, 0.25) is 0 Å². The first kappa shape index (κ1) is 18.5. The predicted octanol–water partition coefficient (Wildman–Crippen LogP) is 4.28. The van der Waals surface area contributed by atoms with Crippen LogP contribution in [-0.2, 0) is 4.74 Å². The van der Waals surface area contributed by atoms with Gasteiger partial charge in [0.1, 0.15) is 5.54 Å². The molecule has 3 nitrogen and oxygen atoms in total. The van der Waals surface area contributed by atoms with Crippen LogP contribution in [0.15, 0.2) is 0 Å². The zero-order chi connectivity index (χ0) is 15.7. The molecule has 3 atom stereocenters. The van der Waals surface area contributed by atoms with Gasteiger partial charge >= 0.3 is 0 Å². The topological polar surface area (TPSA) is 45.0 Å². The number of nitriles is 1. The van der Waals surface area contributed by atoms with E-state index in [2.05, 4.69) is 32.2 Å². The van der Waals surface area contributed by atoms with Gasteiger partial charge in [-0.3, -0.25) is 5.32 Å². The van der Waals surface area contributed by atoms with E-state index in [4.69, 9.17) is 4.74 Å². The highest BCUT2D eigenvalue weighted by Crippen LogP contribution is 2.30. The molecule has 21 heavy (non-hydrogen) atoms. The molecule has 122 valence electrons. The average Bonchev–Trinajstić information content (AvgIpc) is 2.44. The summed E-state index contributed by atoms with van der Waals surface area (Å²) in [5, 5.41) is 12.6. The van der Waals surface area contributed by atoms with Gasteiger partial charge in [-0.05, 0) is 70.3 Å². The molecule has 0 amide bonds. The van der Waals surface area contributed by atoms with Crippen LogP contribution in [0, 0.1) is 23.2 Å². The van der Waals surface area contributed by atoms with Crippen LogP contribution in [-0.4, -0.2) is 24.8 Å². The van der Waals surface area contributed by atoms with Gasteiger partial charge < -0.3 is 4.74 Å². The van der Waals surface area contributed by atoms with E-state index >= 15 is 0 Å². The zero-order valence-corrected chi connectivity index (χ0v) is 14.5. The Hall–Kier alpha value is -0.590. The summed E-state index contributed by atoms with van der Waals surface area (Å²) < 4.78 is 6.05. The maximum Gasteiger partial charge on any atom is 0.103 e. The second-order valence-corrected chi connectivity index (χ2v) is 7.24. The monoisotopic (exact) mass is 294 g/mol. The molecule has 0 saturated heterocycles. The minimum absolute atomic E-state index is 0.371. The first-order chi connectivity index (χ1) is 9.99. The first-order valence-electron chi connectivity index (χ1n) is 8.77. The smallest absolute Gasteiger partial charge is 0.103 e. The third kappa shape index (κ3) is 7.29. The van der Waals surface area contributed by atoms with Gasteiger partial charge in [0.15, 0.2) is 0 Å². The van der Waals surface area contributed by atoms with Crippen molar-refractivity contribution in [3.8, 4) is 6.07 Å². The molecule has 0 heterocycles. The zero-order valence-electron chi connectivity index (χ0n) is 14.5. The lowest BCUT2D eigenvalue weighted by Crippen LogP contribution is -2.41. The molecule has 1 aliphatic carbocycles. The second kappa shape index (κ2) is 9.43. The van der Waals surface area contributed by atoms with Crippen LogP contribution in [0.4, 0.5) is 0 Å². The number of ether oxygens (including phenoxy) is 1. The number of hydrogen-bond acceptors (Lipinski definition) is 3. The highest BCUT2D eigenvalue weighted by atomic mass is 16.5. The molecule has 3 unspecified atom stereocenters.